The van der Waals surface area contributed by atoms with E-state index >= 15 is 0 Å². The van der Waals surface area contributed by atoms with Gasteiger partial charge >= 0.3 is 6.09 Å². The van der Waals surface area contributed by atoms with Crippen LogP contribution in [0, 0.1) is 6.92 Å². The van der Waals surface area contributed by atoms with Crippen molar-refractivity contribution < 1.29 is 33.6 Å². The second-order valence-corrected chi connectivity index (χ2v) is 10.4. The van der Waals surface area contributed by atoms with Crippen LogP contribution in [0.2, 0.25) is 0 Å². The van der Waals surface area contributed by atoms with Gasteiger partial charge in [0.2, 0.25) is 5.91 Å². The van der Waals surface area contributed by atoms with E-state index in [1.807, 2.05) is 68.4 Å². The average Bonchev–Trinajstić information content (AvgIpc) is 3.06. The van der Waals surface area contributed by atoms with Crippen LogP contribution in [0.15, 0.2) is 65.8 Å². The molecule has 13 heteroatoms. The first-order valence-electron chi connectivity index (χ1n) is 15.4. The molecular formula is C33H44N6O7. The van der Waals surface area contributed by atoms with Gasteiger partial charge in [-0.05, 0) is 48.0 Å². The largest absolute Gasteiger partial charge is 0.490 e. The SMILES string of the molecule is CCOCCOCCOC(=O)NCCN(Cc1ccc(C)c(N=[N+]=[N-])c1)C(=O)CCNC[C@H](O)COc1cccc2ccccc12. The van der Waals surface area contributed by atoms with Gasteiger partial charge in [-0.15, -0.1) is 0 Å². The second kappa shape index (κ2) is 20.6. The molecule has 0 saturated heterocycles. The molecule has 13 nitrogen and oxygen atoms in total. The van der Waals surface area contributed by atoms with Gasteiger partial charge in [-0.3, -0.25) is 4.79 Å². The summed E-state index contributed by atoms with van der Waals surface area (Å²) in [5.74, 6) is 0.545. The Morgan fingerprint density at radius 1 is 1.02 bits per heavy atom. The number of benzene rings is 3. The smallest absolute Gasteiger partial charge is 0.407 e. The third kappa shape index (κ3) is 12.9. The number of rotatable bonds is 21. The van der Waals surface area contributed by atoms with Crippen LogP contribution in [-0.2, 0) is 25.5 Å². The van der Waals surface area contributed by atoms with E-state index in [0.29, 0.717) is 37.8 Å². The minimum Gasteiger partial charge on any atom is -0.490 e. The minimum absolute atomic E-state index is 0.0939. The van der Waals surface area contributed by atoms with E-state index in [1.165, 1.54) is 0 Å². The zero-order valence-electron chi connectivity index (χ0n) is 26.5. The quantitative estimate of drug-likeness (QED) is 0.0659. The predicted molar refractivity (Wildman–Crippen MR) is 175 cm³/mol. The van der Waals surface area contributed by atoms with Crippen molar-refractivity contribution in [3.63, 3.8) is 0 Å². The lowest BCUT2D eigenvalue weighted by Gasteiger charge is -2.24. The number of ether oxygens (including phenoxy) is 4. The molecule has 0 aliphatic heterocycles. The number of aliphatic hydroxyl groups excluding tert-OH is 1. The molecule has 2 amide bonds. The van der Waals surface area contributed by atoms with E-state index in [0.717, 1.165) is 21.9 Å². The summed E-state index contributed by atoms with van der Waals surface area (Å²) in [5, 5.41) is 22.0. The van der Waals surface area contributed by atoms with Crippen molar-refractivity contribution in [1.29, 1.82) is 0 Å². The third-order valence-electron chi connectivity index (χ3n) is 6.92. The lowest BCUT2D eigenvalue weighted by atomic mass is 10.1. The van der Waals surface area contributed by atoms with Crippen LogP contribution in [0.5, 0.6) is 5.75 Å². The molecule has 0 unspecified atom stereocenters. The summed E-state index contributed by atoms with van der Waals surface area (Å²) in [6.07, 6.45) is -1.22. The molecule has 0 aliphatic carbocycles. The zero-order valence-corrected chi connectivity index (χ0v) is 26.5. The molecule has 1 atom stereocenters. The van der Waals surface area contributed by atoms with Crippen molar-refractivity contribution in [2.24, 2.45) is 5.11 Å². The fraction of sp³-hybridized carbons (Fsp3) is 0.455. The average molecular weight is 637 g/mol. The molecule has 0 aliphatic rings. The number of hydrogen-bond acceptors (Lipinski definition) is 9. The monoisotopic (exact) mass is 636 g/mol. The van der Waals surface area contributed by atoms with Crippen molar-refractivity contribution in [2.75, 3.05) is 65.8 Å². The van der Waals surface area contributed by atoms with Crippen LogP contribution in [0.4, 0.5) is 10.5 Å². The number of nitrogens with one attached hydrogen (secondary N) is 2. The number of azide groups is 1. The number of aryl methyl sites for hydroxylation is 1. The highest BCUT2D eigenvalue weighted by Gasteiger charge is 2.16. The van der Waals surface area contributed by atoms with Gasteiger partial charge in [-0.2, -0.15) is 0 Å². The molecule has 3 aromatic rings. The Morgan fingerprint density at radius 2 is 1.80 bits per heavy atom. The Balaban J connectivity index is 1.46. The molecule has 0 bridgehead atoms. The predicted octanol–water partition coefficient (Wildman–Crippen LogP) is 4.62. The Labute approximate surface area is 269 Å². The van der Waals surface area contributed by atoms with Gasteiger partial charge in [0.15, 0.2) is 0 Å². The Hall–Kier alpha value is -4.39. The van der Waals surface area contributed by atoms with Gasteiger partial charge in [0.05, 0.1) is 19.8 Å². The zero-order chi connectivity index (χ0) is 33.0. The topological polar surface area (TPSA) is 167 Å². The molecule has 3 rings (SSSR count). The maximum absolute atomic E-state index is 13.2. The summed E-state index contributed by atoms with van der Waals surface area (Å²) in [6.45, 7) is 6.92. The van der Waals surface area contributed by atoms with Crippen LogP contribution < -0.4 is 15.4 Å². The summed E-state index contributed by atoms with van der Waals surface area (Å²) >= 11 is 0. The molecule has 3 N–H and O–H groups in total. The first-order chi connectivity index (χ1) is 22.4. The van der Waals surface area contributed by atoms with Crippen LogP contribution in [0.25, 0.3) is 21.2 Å². The normalized spacial score (nSPS) is 11.5. The van der Waals surface area contributed by atoms with Crippen molar-refractivity contribution >= 4 is 28.5 Å². The number of carbonyl (C=O) groups excluding carboxylic acids is 2. The summed E-state index contributed by atoms with van der Waals surface area (Å²) < 4.78 is 21.5. The van der Waals surface area contributed by atoms with Crippen molar-refractivity contribution in [1.82, 2.24) is 15.5 Å². The highest BCUT2D eigenvalue weighted by Crippen LogP contribution is 2.25. The standard InChI is InChI=1S/C33H44N6O7/c1-3-43-17-18-44-19-20-45-33(42)36-15-16-39(23-26-12-11-25(2)30(21-26)37-38-34)32(41)13-14-35-22-28(40)24-46-31-10-6-8-27-7-4-5-9-29(27)31/h4-12,21,28,35,40H,3,13-20,22-24H2,1-2H3,(H,36,42)/t28-/m0/s1. The van der Waals surface area contributed by atoms with E-state index in [1.54, 1.807) is 11.0 Å². The van der Waals surface area contributed by atoms with Gasteiger partial charge < -0.3 is 39.6 Å². The summed E-state index contributed by atoms with van der Waals surface area (Å²) in [5.41, 5.74) is 11.0. The number of aliphatic hydroxyl groups is 1. The van der Waals surface area contributed by atoms with Crippen molar-refractivity contribution in [3.8, 4) is 5.75 Å². The van der Waals surface area contributed by atoms with Crippen LogP contribution in [0.1, 0.15) is 24.5 Å². The number of alkyl carbamates (subject to hydrolysis) is 1. The molecule has 0 saturated carbocycles. The number of carbonyl (C=O) groups is 2. The summed E-state index contributed by atoms with van der Waals surface area (Å²) in [4.78, 5) is 29.9. The van der Waals surface area contributed by atoms with E-state index in [2.05, 4.69) is 20.7 Å². The maximum Gasteiger partial charge on any atom is 0.407 e. The molecule has 0 aromatic heterocycles. The first kappa shape index (κ1) is 36.1. The molecule has 0 heterocycles. The molecular weight excluding hydrogens is 592 g/mol. The number of amides is 2. The van der Waals surface area contributed by atoms with E-state index in [4.69, 9.17) is 24.5 Å². The summed E-state index contributed by atoms with van der Waals surface area (Å²) in [6, 6.07) is 19.1. The fourth-order valence-corrected chi connectivity index (χ4v) is 4.51. The Kier molecular flexibility index (Phi) is 16.2. The van der Waals surface area contributed by atoms with Gasteiger partial charge in [0.25, 0.3) is 0 Å². The summed E-state index contributed by atoms with van der Waals surface area (Å²) in [7, 11) is 0. The fourth-order valence-electron chi connectivity index (χ4n) is 4.51. The minimum atomic E-state index is -0.776. The molecule has 0 fully saturated rings. The maximum atomic E-state index is 13.2. The number of fused-ring (bicyclic) bond motifs is 1. The van der Waals surface area contributed by atoms with E-state index < -0.39 is 12.2 Å². The first-order valence-corrected chi connectivity index (χ1v) is 15.4. The van der Waals surface area contributed by atoms with Gasteiger partial charge in [0.1, 0.15) is 25.1 Å². The van der Waals surface area contributed by atoms with Crippen LogP contribution >= 0.6 is 0 Å². The number of nitrogens with zero attached hydrogens (tertiary/aromatic N) is 4. The molecule has 0 spiro atoms. The molecule has 46 heavy (non-hydrogen) atoms. The van der Waals surface area contributed by atoms with Gasteiger partial charge in [-0.25, -0.2) is 4.79 Å². The number of hydrogen-bond donors (Lipinski definition) is 3. The molecule has 3 aromatic carbocycles. The highest BCUT2D eigenvalue weighted by molar-refractivity contribution is 5.88. The Morgan fingerprint density at radius 3 is 2.63 bits per heavy atom. The van der Waals surface area contributed by atoms with Crippen LogP contribution in [-0.4, -0.2) is 93.9 Å². The van der Waals surface area contributed by atoms with Crippen molar-refractivity contribution in [2.45, 2.75) is 32.9 Å². The van der Waals surface area contributed by atoms with E-state index in [9.17, 15) is 14.7 Å². The lowest BCUT2D eigenvalue weighted by molar-refractivity contribution is -0.131. The second-order valence-electron chi connectivity index (χ2n) is 10.4. The van der Waals surface area contributed by atoms with Crippen LogP contribution in [0.3, 0.4) is 0 Å². The third-order valence-corrected chi connectivity index (χ3v) is 6.92. The lowest BCUT2D eigenvalue weighted by Crippen LogP contribution is -2.40. The van der Waals surface area contributed by atoms with Gasteiger partial charge in [-0.1, -0.05) is 53.6 Å². The molecule has 248 valence electrons. The van der Waals surface area contributed by atoms with E-state index in [-0.39, 0.29) is 58.3 Å². The van der Waals surface area contributed by atoms with Gasteiger partial charge in [0, 0.05) is 61.7 Å². The molecule has 0 radical (unpaired) electrons. The highest BCUT2D eigenvalue weighted by atomic mass is 16.6. The Bertz CT molecular complexity index is 1430. The van der Waals surface area contributed by atoms with Crippen molar-refractivity contribution in [3.05, 3.63) is 82.2 Å².